The predicted molar refractivity (Wildman–Crippen MR) is 95.5 cm³/mol. The van der Waals surface area contributed by atoms with Crippen LogP contribution in [0.25, 0.3) is 0 Å². The molecular formula is C19H27N3O2. The summed E-state index contributed by atoms with van der Waals surface area (Å²) >= 11 is 0. The summed E-state index contributed by atoms with van der Waals surface area (Å²) in [6.07, 6.45) is 2.34. The van der Waals surface area contributed by atoms with E-state index in [0.717, 1.165) is 17.9 Å². The second kappa shape index (κ2) is 8.97. The maximum atomic E-state index is 12.2. The maximum Gasteiger partial charge on any atom is 0.263 e. The molecule has 0 aliphatic carbocycles. The zero-order valence-corrected chi connectivity index (χ0v) is 15.2. The molecule has 0 spiro atoms. The van der Waals surface area contributed by atoms with Crippen LogP contribution in [0.15, 0.2) is 36.0 Å². The first-order chi connectivity index (χ1) is 11.3. The Hall–Kier alpha value is -2.48. The molecule has 0 aliphatic rings. The summed E-state index contributed by atoms with van der Waals surface area (Å²) in [5.41, 5.74) is 1.09. The Morgan fingerprint density at radius 2 is 1.96 bits per heavy atom. The Labute approximate surface area is 144 Å². The van der Waals surface area contributed by atoms with Crippen molar-refractivity contribution in [3.63, 3.8) is 0 Å². The van der Waals surface area contributed by atoms with Crippen LogP contribution in [0.3, 0.4) is 0 Å². The summed E-state index contributed by atoms with van der Waals surface area (Å²) in [5.74, 6) is 0.466. The zero-order chi connectivity index (χ0) is 18.2. The van der Waals surface area contributed by atoms with Crippen molar-refractivity contribution in [3.05, 3.63) is 41.6 Å². The molecule has 130 valence electrons. The van der Waals surface area contributed by atoms with Gasteiger partial charge in [-0.15, -0.1) is 0 Å². The number of nitrogens with one attached hydrogen (secondary N) is 1. The van der Waals surface area contributed by atoms with Crippen LogP contribution in [-0.2, 0) is 11.2 Å². The largest absolute Gasteiger partial charge is 0.497 e. The van der Waals surface area contributed by atoms with Crippen LogP contribution in [-0.4, -0.2) is 36.5 Å². The summed E-state index contributed by atoms with van der Waals surface area (Å²) in [5, 5.41) is 12.1. The highest BCUT2D eigenvalue weighted by Crippen LogP contribution is 2.15. The quantitative estimate of drug-likeness (QED) is 0.617. The Morgan fingerprint density at radius 1 is 1.33 bits per heavy atom. The molecule has 1 amide bonds. The fraction of sp³-hybridized carbons (Fsp3) is 0.474. The van der Waals surface area contributed by atoms with E-state index in [1.165, 1.54) is 0 Å². The number of rotatable bonds is 7. The van der Waals surface area contributed by atoms with Crippen LogP contribution in [0.1, 0.15) is 33.3 Å². The summed E-state index contributed by atoms with van der Waals surface area (Å²) in [4.78, 5) is 14.2. The van der Waals surface area contributed by atoms with Gasteiger partial charge in [0.2, 0.25) is 0 Å². The molecule has 0 unspecified atom stereocenters. The minimum absolute atomic E-state index is 0.126. The Morgan fingerprint density at radius 3 is 2.42 bits per heavy atom. The predicted octanol–water partition coefficient (Wildman–Crippen LogP) is 2.88. The van der Waals surface area contributed by atoms with Crippen molar-refractivity contribution in [1.29, 1.82) is 5.26 Å². The van der Waals surface area contributed by atoms with Crippen molar-refractivity contribution in [2.24, 2.45) is 0 Å². The summed E-state index contributed by atoms with van der Waals surface area (Å²) in [7, 11) is 1.63. The molecule has 0 aliphatic heterocycles. The van der Waals surface area contributed by atoms with E-state index in [4.69, 9.17) is 4.74 Å². The standard InChI is InChI=1S/C19H27N3O2/c1-6-22(19(2,3)4)14-16(13-20)18(23)21-12-11-15-7-9-17(24-5)10-8-15/h7-10,14H,6,11-12H2,1-5H3,(H,21,23)/b16-14-. The number of benzene rings is 1. The number of carbonyl (C=O) groups is 1. The number of nitrogens with zero attached hydrogens (tertiary/aromatic N) is 2. The average molecular weight is 329 g/mol. The third kappa shape index (κ3) is 5.96. The van der Waals surface area contributed by atoms with Crippen molar-refractivity contribution >= 4 is 5.91 Å². The molecule has 24 heavy (non-hydrogen) atoms. The number of carbonyl (C=O) groups excluding carboxylic acids is 1. The van der Waals surface area contributed by atoms with Gasteiger partial charge in [-0.3, -0.25) is 4.79 Å². The lowest BCUT2D eigenvalue weighted by atomic mass is 10.1. The van der Waals surface area contributed by atoms with E-state index in [1.54, 1.807) is 13.3 Å². The van der Waals surface area contributed by atoms with Gasteiger partial charge in [-0.1, -0.05) is 12.1 Å². The second-order valence-electron chi connectivity index (χ2n) is 6.47. The number of hydrogen-bond donors (Lipinski definition) is 1. The lowest BCUT2D eigenvalue weighted by molar-refractivity contribution is -0.117. The molecule has 0 saturated carbocycles. The SMILES string of the molecule is CCN(/C=C(/C#N)C(=O)NCCc1ccc(OC)cc1)C(C)(C)C. The molecule has 0 atom stereocenters. The highest BCUT2D eigenvalue weighted by Gasteiger charge is 2.19. The smallest absolute Gasteiger partial charge is 0.263 e. The Kier molecular flexibility index (Phi) is 7.31. The normalized spacial score (nSPS) is 11.6. The molecule has 1 rings (SSSR count). The minimum Gasteiger partial charge on any atom is -0.497 e. The van der Waals surface area contributed by atoms with Crippen LogP contribution in [0.4, 0.5) is 0 Å². The van der Waals surface area contributed by atoms with Crippen molar-refractivity contribution in [2.45, 2.75) is 39.7 Å². The van der Waals surface area contributed by atoms with Gasteiger partial charge in [0, 0.05) is 24.8 Å². The number of methoxy groups -OCH3 is 1. The van der Waals surface area contributed by atoms with E-state index >= 15 is 0 Å². The van der Waals surface area contributed by atoms with Crippen LogP contribution in [0.5, 0.6) is 5.75 Å². The van der Waals surface area contributed by atoms with Gasteiger partial charge in [0.15, 0.2) is 0 Å². The molecule has 1 aromatic rings. The highest BCUT2D eigenvalue weighted by atomic mass is 16.5. The van der Waals surface area contributed by atoms with Crippen LogP contribution >= 0.6 is 0 Å². The number of ether oxygens (including phenoxy) is 1. The summed E-state index contributed by atoms with van der Waals surface area (Å²) in [6, 6.07) is 9.70. The lowest BCUT2D eigenvalue weighted by Gasteiger charge is -2.33. The number of nitriles is 1. The molecule has 0 fully saturated rings. The molecular weight excluding hydrogens is 302 g/mol. The molecule has 0 radical (unpaired) electrons. The maximum absolute atomic E-state index is 12.2. The van der Waals surface area contributed by atoms with Gasteiger partial charge in [-0.25, -0.2) is 0 Å². The molecule has 0 heterocycles. The van der Waals surface area contributed by atoms with Gasteiger partial charge < -0.3 is 15.0 Å². The first-order valence-electron chi connectivity index (χ1n) is 8.11. The van der Waals surface area contributed by atoms with Crippen LogP contribution < -0.4 is 10.1 Å². The van der Waals surface area contributed by atoms with Crippen LogP contribution in [0.2, 0.25) is 0 Å². The van der Waals surface area contributed by atoms with E-state index in [0.29, 0.717) is 13.0 Å². The minimum atomic E-state index is -0.339. The molecule has 1 N–H and O–H groups in total. The average Bonchev–Trinajstić information content (AvgIpc) is 2.55. The van der Waals surface area contributed by atoms with Gasteiger partial charge in [0.1, 0.15) is 17.4 Å². The molecule has 0 saturated heterocycles. The van der Waals surface area contributed by atoms with Crippen molar-refractivity contribution in [2.75, 3.05) is 20.2 Å². The highest BCUT2D eigenvalue weighted by molar-refractivity contribution is 5.97. The third-order valence-electron chi connectivity index (χ3n) is 3.71. The number of amides is 1. The third-order valence-corrected chi connectivity index (χ3v) is 3.71. The fourth-order valence-electron chi connectivity index (χ4n) is 2.26. The molecule has 1 aromatic carbocycles. The number of hydrogen-bond acceptors (Lipinski definition) is 4. The topological polar surface area (TPSA) is 65.4 Å². The molecule has 0 aromatic heterocycles. The van der Waals surface area contributed by atoms with Crippen molar-refractivity contribution < 1.29 is 9.53 Å². The van der Waals surface area contributed by atoms with Crippen molar-refractivity contribution in [3.8, 4) is 11.8 Å². The van der Waals surface area contributed by atoms with Gasteiger partial charge in [-0.2, -0.15) is 5.26 Å². The molecule has 5 nitrogen and oxygen atoms in total. The summed E-state index contributed by atoms with van der Waals surface area (Å²) < 4.78 is 5.11. The molecule has 0 bridgehead atoms. The lowest BCUT2D eigenvalue weighted by Crippen LogP contribution is -2.38. The van der Waals surface area contributed by atoms with Crippen molar-refractivity contribution in [1.82, 2.24) is 10.2 Å². The van der Waals surface area contributed by atoms with Crippen LogP contribution in [0, 0.1) is 11.3 Å². The zero-order valence-electron chi connectivity index (χ0n) is 15.2. The van der Waals surface area contributed by atoms with E-state index in [1.807, 2.05) is 62.9 Å². The summed E-state index contributed by atoms with van der Waals surface area (Å²) in [6.45, 7) is 9.34. The Balaban J connectivity index is 2.62. The van der Waals surface area contributed by atoms with Gasteiger partial charge >= 0.3 is 0 Å². The fourth-order valence-corrected chi connectivity index (χ4v) is 2.26. The van der Waals surface area contributed by atoms with E-state index in [9.17, 15) is 10.1 Å². The second-order valence-corrected chi connectivity index (χ2v) is 6.47. The van der Waals surface area contributed by atoms with Gasteiger partial charge in [0.05, 0.1) is 7.11 Å². The van der Waals surface area contributed by atoms with Gasteiger partial charge in [0.25, 0.3) is 5.91 Å². The Bertz CT molecular complexity index is 607. The first kappa shape index (κ1) is 19.6. The van der Waals surface area contributed by atoms with E-state index in [-0.39, 0.29) is 17.0 Å². The van der Waals surface area contributed by atoms with E-state index < -0.39 is 0 Å². The first-order valence-corrected chi connectivity index (χ1v) is 8.11. The van der Waals surface area contributed by atoms with Gasteiger partial charge in [-0.05, 0) is 51.8 Å². The molecule has 5 heteroatoms. The van der Waals surface area contributed by atoms with E-state index in [2.05, 4.69) is 5.32 Å². The monoisotopic (exact) mass is 329 g/mol.